The van der Waals surface area contributed by atoms with Crippen molar-refractivity contribution in [3.05, 3.63) is 90.6 Å². The Balaban J connectivity index is 1.49. The zero-order valence-corrected chi connectivity index (χ0v) is 16.6. The minimum Gasteiger partial charge on any atom is -0.457 e. The molecule has 0 spiro atoms. The minimum atomic E-state index is 0.751. The molecule has 2 heterocycles. The van der Waals surface area contributed by atoms with Crippen LogP contribution in [0.25, 0.3) is 11.3 Å². The van der Waals surface area contributed by atoms with Gasteiger partial charge in [0, 0.05) is 43.7 Å². The molecule has 4 rings (SSSR count). The molecule has 0 bridgehead atoms. The smallest absolute Gasteiger partial charge is 0.127 e. The third-order valence-corrected chi connectivity index (χ3v) is 4.53. The average molecular weight is 385 g/mol. The Kier molecular flexibility index (Phi) is 5.63. The molecule has 6 heteroatoms. The van der Waals surface area contributed by atoms with Crippen LogP contribution in [0.5, 0.6) is 11.5 Å². The van der Waals surface area contributed by atoms with Crippen molar-refractivity contribution in [1.82, 2.24) is 24.6 Å². The summed E-state index contributed by atoms with van der Waals surface area (Å²) in [6.07, 6.45) is 5.42. The molecule has 0 saturated heterocycles. The van der Waals surface area contributed by atoms with Gasteiger partial charge in [-0.25, -0.2) is 9.97 Å². The van der Waals surface area contributed by atoms with E-state index in [9.17, 15) is 0 Å². The van der Waals surface area contributed by atoms with Crippen LogP contribution in [-0.2, 0) is 20.1 Å². The highest BCUT2D eigenvalue weighted by Gasteiger charge is 2.13. The predicted molar refractivity (Wildman–Crippen MR) is 112 cm³/mol. The molecule has 0 aliphatic carbocycles. The Bertz CT molecular complexity index is 1050. The normalized spacial score (nSPS) is 11.0. The van der Waals surface area contributed by atoms with Crippen molar-refractivity contribution in [3.63, 3.8) is 0 Å². The molecule has 0 aliphatic heterocycles. The Morgan fingerprint density at radius 3 is 2.41 bits per heavy atom. The van der Waals surface area contributed by atoms with E-state index in [1.54, 1.807) is 12.5 Å². The summed E-state index contributed by atoms with van der Waals surface area (Å²) < 4.78 is 7.75. The number of aryl methyl sites for hydroxylation is 1. The predicted octanol–water partition coefficient (Wildman–Crippen LogP) is 4.30. The van der Waals surface area contributed by atoms with Crippen LogP contribution in [0.3, 0.4) is 0 Å². The van der Waals surface area contributed by atoms with Gasteiger partial charge in [0.05, 0.1) is 11.4 Å². The van der Waals surface area contributed by atoms with Crippen molar-refractivity contribution >= 4 is 0 Å². The van der Waals surface area contributed by atoms with Gasteiger partial charge in [-0.15, -0.1) is 0 Å². The van der Waals surface area contributed by atoms with Gasteiger partial charge in [0.25, 0.3) is 0 Å². The molecule has 0 radical (unpaired) electrons. The highest BCUT2D eigenvalue weighted by Crippen LogP contribution is 2.27. The fourth-order valence-electron chi connectivity index (χ4n) is 3.24. The third-order valence-electron chi connectivity index (χ3n) is 4.53. The first kappa shape index (κ1) is 18.8. The summed E-state index contributed by atoms with van der Waals surface area (Å²) in [5.41, 5.74) is 4.21. The molecular formula is C23H23N5O. The van der Waals surface area contributed by atoms with Crippen molar-refractivity contribution < 1.29 is 4.74 Å². The molecule has 0 fully saturated rings. The van der Waals surface area contributed by atoms with Gasteiger partial charge < -0.3 is 4.74 Å². The molecular weight excluding hydrogens is 362 g/mol. The monoisotopic (exact) mass is 385 g/mol. The Morgan fingerprint density at radius 1 is 0.931 bits per heavy atom. The highest BCUT2D eigenvalue weighted by molar-refractivity contribution is 5.63. The molecule has 29 heavy (non-hydrogen) atoms. The van der Waals surface area contributed by atoms with Crippen molar-refractivity contribution in [3.8, 4) is 22.8 Å². The van der Waals surface area contributed by atoms with Crippen molar-refractivity contribution in [1.29, 1.82) is 0 Å². The lowest BCUT2D eigenvalue weighted by Crippen LogP contribution is -2.18. The van der Waals surface area contributed by atoms with Gasteiger partial charge in [0.15, 0.2) is 0 Å². The molecule has 0 atom stereocenters. The maximum atomic E-state index is 5.89. The van der Waals surface area contributed by atoms with Crippen molar-refractivity contribution in [2.75, 3.05) is 7.05 Å². The van der Waals surface area contributed by atoms with E-state index < -0.39 is 0 Å². The summed E-state index contributed by atoms with van der Waals surface area (Å²) in [6, 6.07) is 19.8. The first-order valence-electron chi connectivity index (χ1n) is 9.46. The Morgan fingerprint density at radius 2 is 1.69 bits per heavy atom. The molecule has 0 saturated carbocycles. The van der Waals surface area contributed by atoms with E-state index in [0.29, 0.717) is 0 Å². The van der Waals surface area contributed by atoms with Gasteiger partial charge in [-0.3, -0.25) is 9.58 Å². The molecule has 0 aliphatic rings. The molecule has 2 aromatic heterocycles. The lowest BCUT2D eigenvalue weighted by atomic mass is 10.1. The van der Waals surface area contributed by atoms with Crippen LogP contribution >= 0.6 is 0 Å². The fourth-order valence-corrected chi connectivity index (χ4v) is 3.24. The lowest BCUT2D eigenvalue weighted by molar-refractivity contribution is 0.315. The van der Waals surface area contributed by atoms with Gasteiger partial charge in [0.1, 0.15) is 17.8 Å². The number of para-hydroxylation sites is 1. The molecule has 0 unspecified atom stereocenters. The van der Waals surface area contributed by atoms with Gasteiger partial charge in [-0.05, 0) is 49.5 Å². The minimum absolute atomic E-state index is 0.751. The van der Waals surface area contributed by atoms with Crippen LogP contribution in [-0.4, -0.2) is 31.7 Å². The summed E-state index contributed by atoms with van der Waals surface area (Å²) in [5, 5.41) is 4.68. The average Bonchev–Trinajstić information content (AvgIpc) is 3.10. The summed E-state index contributed by atoms with van der Waals surface area (Å²) >= 11 is 0. The van der Waals surface area contributed by atoms with E-state index in [1.807, 2.05) is 60.3 Å². The topological polar surface area (TPSA) is 56.1 Å². The summed E-state index contributed by atoms with van der Waals surface area (Å²) in [7, 11) is 4.03. The van der Waals surface area contributed by atoms with Gasteiger partial charge in [-0.1, -0.05) is 18.2 Å². The van der Waals surface area contributed by atoms with Crippen LogP contribution in [0.1, 0.15) is 11.3 Å². The second-order valence-corrected chi connectivity index (χ2v) is 6.99. The summed E-state index contributed by atoms with van der Waals surface area (Å²) in [4.78, 5) is 10.5. The second-order valence-electron chi connectivity index (χ2n) is 6.99. The van der Waals surface area contributed by atoms with E-state index in [2.05, 4.69) is 45.3 Å². The SMILES string of the molecule is CN(Cc1ccncn1)Cc1cn(C)nc1-c1ccc(Oc2ccccc2)cc1. The number of hydrogen-bond acceptors (Lipinski definition) is 5. The highest BCUT2D eigenvalue weighted by atomic mass is 16.5. The fraction of sp³-hybridized carbons (Fsp3) is 0.174. The Labute approximate surface area is 170 Å². The number of nitrogens with zero attached hydrogens (tertiary/aromatic N) is 5. The second kappa shape index (κ2) is 8.67. The molecule has 2 aromatic carbocycles. The summed E-state index contributed by atoms with van der Waals surface area (Å²) in [5.74, 6) is 1.63. The van der Waals surface area contributed by atoms with Crippen LogP contribution in [0.4, 0.5) is 0 Å². The number of ether oxygens (including phenoxy) is 1. The van der Waals surface area contributed by atoms with Crippen LogP contribution in [0, 0.1) is 0 Å². The largest absolute Gasteiger partial charge is 0.457 e. The number of benzene rings is 2. The zero-order valence-electron chi connectivity index (χ0n) is 16.6. The first-order chi connectivity index (χ1) is 14.2. The van der Waals surface area contributed by atoms with Crippen LogP contribution in [0.15, 0.2) is 79.4 Å². The van der Waals surface area contributed by atoms with Crippen molar-refractivity contribution in [2.45, 2.75) is 13.1 Å². The van der Waals surface area contributed by atoms with E-state index in [4.69, 9.17) is 4.74 Å². The van der Waals surface area contributed by atoms with Gasteiger partial charge in [0.2, 0.25) is 0 Å². The third kappa shape index (κ3) is 4.86. The van der Waals surface area contributed by atoms with Gasteiger partial charge >= 0.3 is 0 Å². The van der Waals surface area contributed by atoms with E-state index in [1.165, 1.54) is 5.56 Å². The zero-order chi connectivity index (χ0) is 20.1. The maximum absolute atomic E-state index is 5.89. The van der Waals surface area contributed by atoms with E-state index in [-0.39, 0.29) is 0 Å². The summed E-state index contributed by atoms with van der Waals surface area (Å²) in [6.45, 7) is 1.52. The van der Waals surface area contributed by atoms with E-state index in [0.717, 1.165) is 41.5 Å². The Hall–Kier alpha value is -3.51. The standard InChI is InChI=1S/C23H23N5O/c1-27(16-20-12-13-24-17-25-20)14-19-15-28(2)26-23(19)18-8-10-22(11-9-18)29-21-6-4-3-5-7-21/h3-13,15,17H,14,16H2,1-2H3. The molecule has 0 N–H and O–H groups in total. The van der Waals surface area contributed by atoms with E-state index >= 15 is 0 Å². The lowest BCUT2D eigenvalue weighted by Gasteiger charge is -2.16. The van der Waals surface area contributed by atoms with Gasteiger partial charge in [-0.2, -0.15) is 5.10 Å². The van der Waals surface area contributed by atoms with Crippen molar-refractivity contribution in [2.24, 2.45) is 7.05 Å². The maximum Gasteiger partial charge on any atom is 0.127 e. The number of rotatable bonds is 7. The van der Waals surface area contributed by atoms with Crippen LogP contribution < -0.4 is 4.74 Å². The molecule has 4 aromatic rings. The quantitative estimate of drug-likeness (QED) is 0.475. The first-order valence-corrected chi connectivity index (χ1v) is 9.46. The number of hydrogen-bond donors (Lipinski definition) is 0. The molecule has 0 amide bonds. The molecule has 146 valence electrons. The molecule has 6 nitrogen and oxygen atoms in total. The number of aromatic nitrogens is 4. The van der Waals surface area contributed by atoms with Crippen LogP contribution in [0.2, 0.25) is 0 Å².